The predicted molar refractivity (Wildman–Crippen MR) is 249 cm³/mol. The average molecular weight is 776 g/mol. The second kappa shape index (κ2) is 12.4. The molecule has 4 heteroatoms. The Morgan fingerprint density at radius 2 is 1.19 bits per heavy atom. The van der Waals surface area contributed by atoms with Crippen LogP contribution in [0.5, 0.6) is 0 Å². The molecule has 0 N–H and O–H groups in total. The van der Waals surface area contributed by atoms with Crippen molar-refractivity contribution >= 4 is 103 Å². The lowest BCUT2D eigenvalue weighted by Gasteiger charge is -2.19. The van der Waals surface area contributed by atoms with Crippen LogP contribution in [0.3, 0.4) is 0 Å². The predicted octanol–water partition coefficient (Wildman–Crippen LogP) is 16.1. The van der Waals surface area contributed by atoms with Gasteiger partial charge >= 0.3 is 0 Å². The van der Waals surface area contributed by atoms with Gasteiger partial charge in [-0.3, -0.25) is 0 Å². The van der Waals surface area contributed by atoms with Gasteiger partial charge in [0, 0.05) is 62.9 Å². The molecule has 12 aromatic rings. The molecule has 0 radical (unpaired) electrons. The number of benzene rings is 8. The summed E-state index contributed by atoms with van der Waals surface area (Å²) in [6.45, 7) is 0. The van der Waals surface area contributed by atoms with Crippen LogP contribution in [-0.4, -0.2) is 4.57 Å². The monoisotopic (exact) mass is 775 g/mol. The Labute approximate surface area is 342 Å². The summed E-state index contributed by atoms with van der Waals surface area (Å²) in [5.74, 6) is 0.309. The van der Waals surface area contributed by atoms with Crippen molar-refractivity contribution < 1.29 is 4.42 Å². The number of hydrogen-bond donors (Lipinski definition) is 0. The van der Waals surface area contributed by atoms with Gasteiger partial charge in [0.1, 0.15) is 11.2 Å². The molecule has 2 nitrogen and oxygen atoms in total. The van der Waals surface area contributed by atoms with Crippen LogP contribution in [0.15, 0.2) is 180 Å². The lowest BCUT2D eigenvalue weighted by molar-refractivity contribution is 0.669. The molecule has 8 aromatic carbocycles. The maximum Gasteiger partial charge on any atom is 0.136 e. The smallest absolute Gasteiger partial charge is 0.136 e. The van der Waals surface area contributed by atoms with E-state index in [1.807, 2.05) is 28.7 Å². The first-order valence-corrected chi connectivity index (χ1v) is 21.6. The van der Waals surface area contributed by atoms with Gasteiger partial charge in [0.05, 0.1) is 11.0 Å². The molecule has 4 heterocycles. The summed E-state index contributed by atoms with van der Waals surface area (Å²) in [6.07, 6.45) is 5.71. The van der Waals surface area contributed by atoms with E-state index in [2.05, 4.69) is 181 Å². The summed E-state index contributed by atoms with van der Waals surface area (Å²) < 4.78 is 12.8. The highest BCUT2D eigenvalue weighted by atomic mass is 32.1. The van der Waals surface area contributed by atoms with E-state index in [0.29, 0.717) is 5.92 Å². The fourth-order valence-corrected chi connectivity index (χ4v) is 12.2. The van der Waals surface area contributed by atoms with Crippen LogP contribution in [0, 0.1) is 0 Å². The first-order chi connectivity index (χ1) is 28.7. The normalized spacial score (nSPS) is 14.2. The summed E-state index contributed by atoms with van der Waals surface area (Å²) in [7, 11) is 0. The third kappa shape index (κ3) is 4.76. The van der Waals surface area contributed by atoms with Gasteiger partial charge < -0.3 is 8.98 Å². The first kappa shape index (κ1) is 32.4. The molecule has 1 aliphatic rings. The number of nitrogens with zero attached hydrogens (tertiary/aromatic N) is 1. The van der Waals surface area contributed by atoms with Crippen LogP contribution in [0.4, 0.5) is 0 Å². The molecule has 1 aliphatic carbocycles. The Kier molecular flexibility index (Phi) is 6.91. The van der Waals surface area contributed by atoms with Crippen molar-refractivity contribution in [1.29, 1.82) is 0 Å². The van der Waals surface area contributed by atoms with Crippen molar-refractivity contribution in [2.45, 2.75) is 12.3 Å². The highest BCUT2D eigenvalue weighted by Gasteiger charge is 2.25. The zero-order valence-corrected chi connectivity index (χ0v) is 32.9. The molecule has 0 spiro atoms. The molecule has 1 unspecified atom stereocenters. The zero-order chi connectivity index (χ0) is 37.9. The van der Waals surface area contributed by atoms with E-state index in [1.54, 1.807) is 0 Å². The lowest BCUT2D eigenvalue weighted by atomic mass is 9.87. The van der Waals surface area contributed by atoms with E-state index < -0.39 is 0 Å². The van der Waals surface area contributed by atoms with Crippen LogP contribution in [0.1, 0.15) is 28.3 Å². The Bertz CT molecular complexity index is 3680. The van der Waals surface area contributed by atoms with E-state index in [4.69, 9.17) is 4.42 Å². The van der Waals surface area contributed by atoms with Gasteiger partial charge in [-0.15, -0.1) is 22.7 Å². The number of allylic oxidation sites excluding steroid dienone is 1. The minimum absolute atomic E-state index is 0.309. The Morgan fingerprint density at radius 1 is 0.483 bits per heavy atom. The van der Waals surface area contributed by atoms with Gasteiger partial charge in [-0.1, -0.05) is 115 Å². The van der Waals surface area contributed by atoms with Gasteiger partial charge in [-0.2, -0.15) is 0 Å². The minimum atomic E-state index is 0.309. The van der Waals surface area contributed by atoms with Crippen molar-refractivity contribution in [3.63, 3.8) is 0 Å². The number of fused-ring (bicyclic) bond motifs is 12. The summed E-state index contributed by atoms with van der Waals surface area (Å²) in [5, 5.41) is 8.83. The van der Waals surface area contributed by atoms with Gasteiger partial charge in [0.15, 0.2) is 0 Å². The quantitative estimate of drug-likeness (QED) is 0.174. The van der Waals surface area contributed by atoms with E-state index in [9.17, 15) is 0 Å². The molecule has 0 fully saturated rings. The Hall–Kier alpha value is -6.72. The van der Waals surface area contributed by atoms with Crippen LogP contribution in [-0.2, 0) is 0 Å². The molecule has 13 rings (SSSR count). The minimum Gasteiger partial charge on any atom is -0.456 e. The topological polar surface area (TPSA) is 18.1 Å². The fourth-order valence-electron chi connectivity index (χ4n) is 9.64. The Balaban J connectivity index is 1.01. The van der Waals surface area contributed by atoms with Crippen LogP contribution in [0.2, 0.25) is 0 Å². The van der Waals surface area contributed by atoms with E-state index in [-0.39, 0.29) is 0 Å². The molecule has 0 saturated carbocycles. The molecule has 58 heavy (non-hydrogen) atoms. The molecule has 272 valence electrons. The van der Waals surface area contributed by atoms with Crippen LogP contribution < -0.4 is 0 Å². The van der Waals surface area contributed by atoms with E-state index in [1.165, 1.54) is 84.8 Å². The number of thiophene rings is 2. The summed E-state index contributed by atoms with van der Waals surface area (Å²) in [6, 6.07) is 62.7. The maximum atomic E-state index is 6.35. The zero-order valence-electron chi connectivity index (χ0n) is 31.3. The largest absolute Gasteiger partial charge is 0.456 e. The number of aromatic nitrogens is 1. The van der Waals surface area contributed by atoms with Crippen molar-refractivity contribution in [3.05, 3.63) is 192 Å². The van der Waals surface area contributed by atoms with Gasteiger partial charge in [-0.05, 0) is 112 Å². The van der Waals surface area contributed by atoms with Crippen molar-refractivity contribution in [1.82, 2.24) is 4.57 Å². The lowest BCUT2D eigenvalue weighted by Crippen LogP contribution is -2.03. The number of furan rings is 1. The number of para-hydroxylation sites is 1. The SMILES string of the molecule is C1=Cc2c(sc3ccccc23)C(c2ccc3c(c2)c2cc(-c4ccc5c(c4)oc4ccccc45)ccc2n3-c2cccc(-c3cccc4c3sc3ccccc34)c2)C1. The van der Waals surface area contributed by atoms with Crippen molar-refractivity contribution in [3.8, 4) is 27.9 Å². The second-order valence-corrected chi connectivity index (χ2v) is 17.7. The van der Waals surface area contributed by atoms with Gasteiger partial charge in [-0.25, -0.2) is 0 Å². The number of rotatable bonds is 4. The average Bonchev–Trinajstić information content (AvgIpc) is 4.04. The third-order valence-corrected chi connectivity index (χ3v) is 14.9. The van der Waals surface area contributed by atoms with Gasteiger partial charge in [0.2, 0.25) is 0 Å². The maximum absolute atomic E-state index is 6.35. The third-order valence-electron chi connectivity index (χ3n) is 12.4. The fraction of sp³-hybridized carbons (Fsp3) is 0.0370. The highest BCUT2D eigenvalue weighted by molar-refractivity contribution is 7.26. The van der Waals surface area contributed by atoms with Crippen LogP contribution in [0.25, 0.3) is 108 Å². The number of hydrogen-bond acceptors (Lipinski definition) is 3. The molecule has 0 saturated heterocycles. The first-order valence-electron chi connectivity index (χ1n) is 19.9. The van der Waals surface area contributed by atoms with Crippen molar-refractivity contribution in [2.24, 2.45) is 0 Å². The molecule has 0 amide bonds. The van der Waals surface area contributed by atoms with E-state index >= 15 is 0 Å². The molecular weight excluding hydrogens is 743 g/mol. The summed E-state index contributed by atoms with van der Waals surface area (Å²) in [5.41, 5.74) is 13.0. The molecule has 0 bridgehead atoms. The Morgan fingerprint density at radius 3 is 2.10 bits per heavy atom. The molecule has 1 atom stereocenters. The standard InChI is InChI=1S/C54H33NOS2/c1-4-19-49-39(12-1)40-25-22-33(31-50(40)56-49)32-23-26-47-45(29-32)46-30-35(38-16-9-18-44-42-14-3-6-21-52(42)58-54(38)44)24-27-48(46)55(47)36-11-7-10-34(28-36)37-15-8-17-43-41-13-2-5-20-51(41)57-53(37)43/h1-15,17-31,38H,16H2. The second-order valence-electron chi connectivity index (χ2n) is 15.6. The molecule has 0 aliphatic heterocycles. The van der Waals surface area contributed by atoms with Crippen LogP contribution >= 0.6 is 22.7 Å². The summed E-state index contributed by atoms with van der Waals surface area (Å²) >= 11 is 3.84. The summed E-state index contributed by atoms with van der Waals surface area (Å²) in [4.78, 5) is 1.47. The van der Waals surface area contributed by atoms with Crippen molar-refractivity contribution in [2.75, 3.05) is 0 Å². The van der Waals surface area contributed by atoms with E-state index in [0.717, 1.165) is 39.6 Å². The molecule has 4 aromatic heterocycles. The van der Waals surface area contributed by atoms with Gasteiger partial charge in [0.25, 0.3) is 0 Å². The molecular formula is C54H33NOS2. The highest BCUT2D eigenvalue weighted by Crippen LogP contribution is 2.46.